The molecule has 0 saturated carbocycles. The smallest absolute Gasteiger partial charge is 0.344 e. The van der Waals surface area contributed by atoms with Crippen LogP contribution >= 0.6 is 0 Å². The van der Waals surface area contributed by atoms with Gasteiger partial charge in [-0.15, -0.1) is 0 Å². The number of carbonyl (C=O) groups excluding carboxylic acids is 1. The quantitative estimate of drug-likeness (QED) is 0.727. The van der Waals surface area contributed by atoms with Crippen LogP contribution < -0.4 is 0 Å². The van der Waals surface area contributed by atoms with Gasteiger partial charge in [-0.1, -0.05) is 0 Å². The average molecular weight is 210 g/mol. The summed E-state index contributed by atoms with van der Waals surface area (Å²) in [7, 11) is 0. The predicted octanol–water partition coefficient (Wildman–Crippen LogP) is 1.02. The van der Waals surface area contributed by atoms with E-state index in [1.54, 1.807) is 0 Å². The third-order valence-corrected chi connectivity index (χ3v) is 1.73. The Hall–Kier alpha value is -2.04. The molecule has 5 nitrogen and oxygen atoms in total. The lowest BCUT2D eigenvalue weighted by Gasteiger charge is -2.08. The van der Waals surface area contributed by atoms with E-state index in [2.05, 4.69) is 4.74 Å². The molecule has 1 atom stereocenters. The molecule has 0 aliphatic heterocycles. The third kappa shape index (κ3) is 2.98. The second-order valence-electron chi connectivity index (χ2n) is 2.93. The standard InChI is InChI=1S/C10H10O5/c1-6(9(12)13)15-10(14)7-2-4-8(11)5-3-7/h2-6,11H,1H3,(H,12,13)/t6-/m0/s1. The van der Waals surface area contributed by atoms with Gasteiger partial charge in [-0.05, 0) is 31.2 Å². The molecule has 0 radical (unpaired) electrons. The van der Waals surface area contributed by atoms with Gasteiger partial charge in [0, 0.05) is 0 Å². The Balaban J connectivity index is 2.69. The van der Waals surface area contributed by atoms with E-state index in [1.165, 1.54) is 31.2 Å². The maximum atomic E-state index is 11.3. The topological polar surface area (TPSA) is 83.8 Å². The van der Waals surface area contributed by atoms with E-state index in [1.807, 2.05) is 0 Å². The molecule has 5 heteroatoms. The summed E-state index contributed by atoms with van der Waals surface area (Å²) in [6.07, 6.45) is -1.19. The van der Waals surface area contributed by atoms with Gasteiger partial charge in [0.2, 0.25) is 0 Å². The van der Waals surface area contributed by atoms with Gasteiger partial charge >= 0.3 is 11.9 Å². The number of carboxylic acids is 1. The summed E-state index contributed by atoms with van der Waals surface area (Å²) in [4.78, 5) is 21.7. The van der Waals surface area contributed by atoms with Gasteiger partial charge < -0.3 is 14.9 Å². The van der Waals surface area contributed by atoms with E-state index < -0.39 is 18.0 Å². The Labute approximate surface area is 85.9 Å². The van der Waals surface area contributed by atoms with Crippen molar-refractivity contribution in [2.45, 2.75) is 13.0 Å². The minimum atomic E-state index is -1.21. The maximum absolute atomic E-state index is 11.3. The van der Waals surface area contributed by atoms with Crippen molar-refractivity contribution in [3.05, 3.63) is 29.8 Å². The number of phenols is 1. The molecular formula is C10H10O5. The summed E-state index contributed by atoms with van der Waals surface area (Å²) in [6.45, 7) is 1.26. The normalized spacial score (nSPS) is 11.8. The number of hydrogen-bond donors (Lipinski definition) is 2. The van der Waals surface area contributed by atoms with Crippen molar-refractivity contribution < 1.29 is 24.5 Å². The largest absolute Gasteiger partial charge is 0.508 e. The molecule has 0 fully saturated rings. The van der Waals surface area contributed by atoms with Crippen LogP contribution in [-0.4, -0.2) is 28.3 Å². The molecule has 0 bridgehead atoms. The SMILES string of the molecule is C[C@H](OC(=O)c1ccc(O)cc1)C(=O)O. The second kappa shape index (κ2) is 4.45. The molecule has 0 unspecified atom stereocenters. The van der Waals surface area contributed by atoms with Crippen LogP contribution in [0.15, 0.2) is 24.3 Å². The molecule has 0 saturated heterocycles. The first-order valence-electron chi connectivity index (χ1n) is 4.23. The Morgan fingerprint density at radius 2 is 1.80 bits per heavy atom. The molecule has 80 valence electrons. The number of aliphatic carboxylic acids is 1. The molecule has 1 aromatic rings. The van der Waals surface area contributed by atoms with Crippen molar-refractivity contribution in [2.24, 2.45) is 0 Å². The van der Waals surface area contributed by atoms with Crippen molar-refractivity contribution in [3.63, 3.8) is 0 Å². The van der Waals surface area contributed by atoms with Gasteiger partial charge in [0.15, 0.2) is 6.10 Å². The number of aromatic hydroxyl groups is 1. The van der Waals surface area contributed by atoms with E-state index in [0.717, 1.165) is 0 Å². The summed E-state index contributed by atoms with van der Waals surface area (Å²) in [5.74, 6) is -1.91. The zero-order valence-corrected chi connectivity index (χ0v) is 8.01. The van der Waals surface area contributed by atoms with Gasteiger partial charge in [-0.25, -0.2) is 9.59 Å². The number of ether oxygens (including phenoxy) is 1. The van der Waals surface area contributed by atoms with Crippen molar-refractivity contribution >= 4 is 11.9 Å². The predicted molar refractivity (Wildman–Crippen MR) is 50.6 cm³/mol. The Morgan fingerprint density at radius 1 is 1.27 bits per heavy atom. The number of benzene rings is 1. The maximum Gasteiger partial charge on any atom is 0.344 e. The lowest BCUT2D eigenvalue weighted by atomic mass is 10.2. The van der Waals surface area contributed by atoms with Crippen LogP contribution in [0.3, 0.4) is 0 Å². The molecule has 0 aliphatic rings. The van der Waals surface area contributed by atoms with Gasteiger partial charge in [0.1, 0.15) is 5.75 Å². The van der Waals surface area contributed by atoms with Crippen LogP contribution in [0, 0.1) is 0 Å². The highest BCUT2D eigenvalue weighted by atomic mass is 16.6. The molecule has 0 aliphatic carbocycles. The van der Waals surface area contributed by atoms with E-state index in [0.29, 0.717) is 0 Å². The molecule has 1 aromatic carbocycles. The number of phenolic OH excluding ortho intramolecular Hbond substituents is 1. The first-order valence-corrected chi connectivity index (χ1v) is 4.23. The highest BCUT2D eigenvalue weighted by Gasteiger charge is 2.17. The summed E-state index contributed by atoms with van der Waals surface area (Å²) >= 11 is 0. The Bertz CT molecular complexity index is 368. The molecular weight excluding hydrogens is 200 g/mol. The van der Waals surface area contributed by atoms with Crippen molar-refractivity contribution in [1.82, 2.24) is 0 Å². The molecule has 1 rings (SSSR count). The molecule has 0 spiro atoms. The van der Waals surface area contributed by atoms with Crippen LogP contribution in [0.5, 0.6) is 5.75 Å². The first kappa shape index (κ1) is 11.0. The van der Waals surface area contributed by atoms with E-state index >= 15 is 0 Å². The monoisotopic (exact) mass is 210 g/mol. The Morgan fingerprint density at radius 3 is 2.27 bits per heavy atom. The van der Waals surface area contributed by atoms with Crippen molar-refractivity contribution in [3.8, 4) is 5.75 Å². The number of rotatable bonds is 3. The highest BCUT2D eigenvalue weighted by molar-refractivity contribution is 5.91. The number of carbonyl (C=O) groups is 2. The van der Waals surface area contributed by atoms with E-state index in [4.69, 9.17) is 10.2 Å². The van der Waals surface area contributed by atoms with Crippen LogP contribution in [0.4, 0.5) is 0 Å². The van der Waals surface area contributed by atoms with Crippen molar-refractivity contribution in [1.29, 1.82) is 0 Å². The average Bonchev–Trinajstić information content (AvgIpc) is 2.18. The molecule has 0 aromatic heterocycles. The lowest BCUT2D eigenvalue weighted by molar-refractivity contribution is -0.146. The summed E-state index contributed by atoms with van der Waals surface area (Å²) in [5, 5.41) is 17.5. The van der Waals surface area contributed by atoms with E-state index in [9.17, 15) is 9.59 Å². The number of carboxylic acid groups (broad SMARTS) is 1. The molecule has 0 amide bonds. The molecule has 15 heavy (non-hydrogen) atoms. The van der Waals surface area contributed by atoms with E-state index in [-0.39, 0.29) is 11.3 Å². The lowest BCUT2D eigenvalue weighted by Crippen LogP contribution is -2.23. The highest BCUT2D eigenvalue weighted by Crippen LogP contribution is 2.11. The minimum Gasteiger partial charge on any atom is -0.508 e. The Kier molecular flexibility index (Phi) is 3.28. The second-order valence-corrected chi connectivity index (χ2v) is 2.93. The van der Waals surface area contributed by atoms with Crippen LogP contribution in [0.1, 0.15) is 17.3 Å². The van der Waals surface area contributed by atoms with Crippen LogP contribution in [0.2, 0.25) is 0 Å². The zero-order valence-electron chi connectivity index (χ0n) is 8.01. The van der Waals surface area contributed by atoms with Gasteiger partial charge in [0.05, 0.1) is 5.56 Å². The summed E-state index contributed by atoms with van der Waals surface area (Å²) < 4.78 is 4.62. The van der Waals surface area contributed by atoms with Gasteiger partial charge in [-0.2, -0.15) is 0 Å². The van der Waals surface area contributed by atoms with Gasteiger partial charge in [0.25, 0.3) is 0 Å². The number of hydrogen-bond acceptors (Lipinski definition) is 4. The first-order chi connectivity index (χ1) is 7.00. The third-order valence-electron chi connectivity index (χ3n) is 1.73. The summed E-state index contributed by atoms with van der Waals surface area (Å²) in [5.41, 5.74) is 0.195. The summed E-state index contributed by atoms with van der Waals surface area (Å²) in [6, 6.07) is 5.35. The number of esters is 1. The van der Waals surface area contributed by atoms with Crippen LogP contribution in [-0.2, 0) is 9.53 Å². The van der Waals surface area contributed by atoms with Crippen molar-refractivity contribution in [2.75, 3.05) is 0 Å². The minimum absolute atomic E-state index is 0.0258. The van der Waals surface area contributed by atoms with Gasteiger partial charge in [-0.3, -0.25) is 0 Å². The fraction of sp³-hybridized carbons (Fsp3) is 0.200. The fourth-order valence-electron chi connectivity index (χ4n) is 0.877. The fourth-order valence-corrected chi connectivity index (χ4v) is 0.877. The molecule has 2 N–H and O–H groups in total. The molecule has 0 heterocycles. The zero-order chi connectivity index (χ0) is 11.4. The van der Waals surface area contributed by atoms with Crippen LogP contribution in [0.25, 0.3) is 0 Å².